The van der Waals surface area contributed by atoms with Crippen LogP contribution in [0.15, 0.2) is 58.2 Å². The van der Waals surface area contributed by atoms with Crippen LogP contribution in [0.25, 0.3) is 11.5 Å². The summed E-state index contributed by atoms with van der Waals surface area (Å²) in [5, 5.41) is 11.2. The molecule has 2 aromatic carbocycles. The van der Waals surface area contributed by atoms with Gasteiger partial charge in [0.2, 0.25) is 11.8 Å². The van der Waals surface area contributed by atoms with Crippen molar-refractivity contribution in [2.45, 2.75) is 25.1 Å². The highest BCUT2D eigenvalue weighted by atomic mass is 32.2. The van der Waals surface area contributed by atoms with Gasteiger partial charge < -0.3 is 9.73 Å². The van der Waals surface area contributed by atoms with E-state index in [2.05, 4.69) is 15.5 Å². The molecule has 0 aliphatic heterocycles. The predicted molar refractivity (Wildman–Crippen MR) is 98.2 cm³/mol. The van der Waals surface area contributed by atoms with Gasteiger partial charge in [-0.3, -0.25) is 4.79 Å². The molecule has 1 atom stereocenters. The molecule has 0 fully saturated rings. The van der Waals surface area contributed by atoms with Crippen molar-refractivity contribution in [1.82, 2.24) is 15.5 Å². The molecule has 0 saturated heterocycles. The first-order chi connectivity index (χ1) is 12.5. The van der Waals surface area contributed by atoms with Crippen LogP contribution in [0.3, 0.4) is 0 Å². The molecular formula is C19H18FN3O2S. The van der Waals surface area contributed by atoms with Crippen molar-refractivity contribution in [3.8, 4) is 11.5 Å². The zero-order chi connectivity index (χ0) is 18.5. The first-order valence-corrected chi connectivity index (χ1v) is 9.08. The molecule has 7 heteroatoms. The van der Waals surface area contributed by atoms with Gasteiger partial charge in [-0.25, -0.2) is 4.39 Å². The lowest BCUT2D eigenvalue weighted by Gasteiger charge is -2.13. The van der Waals surface area contributed by atoms with E-state index < -0.39 is 0 Å². The molecule has 0 bridgehead atoms. The third-order valence-electron chi connectivity index (χ3n) is 3.86. The molecule has 3 rings (SSSR count). The number of thioether (sulfide) groups is 1. The van der Waals surface area contributed by atoms with Crippen molar-refractivity contribution in [3.63, 3.8) is 0 Å². The van der Waals surface area contributed by atoms with Crippen LogP contribution in [0.1, 0.15) is 24.1 Å². The Kier molecular flexibility index (Phi) is 5.68. The summed E-state index contributed by atoms with van der Waals surface area (Å²) in [7, 11) is 0. The molecule has 0 radical (unpaired) electrons. The van der Waals surface area contributed by atoms with Gasteiger partial charge in [-0.05, 0) is 43.2 Å². The van der Waals surface area contributed by atoms with Crippen LogP contribution in [0.2, 0.25) is 0 Å². The fourth-order valence-electron chi connectivity index (χ4n) is 2.44. The Morgan fingerprint density at radius 1 is 1.19 bits per heavy atom. The number of aromatic nitrogens is 2. The van der Waals surface area contributed by atoms with E-state index in [4.69, 9.17) is 4.42 Å². The Morgan fingerprint density at radius 3 is 2.65 bits per heavy atom. The lowest BCUT2D eigenvalue weighted by atomic mass is 10.1. The predicted octanol–water partition coefficient (Wildman–Crippen LogP) is 4.15. The van der Waals surface area contributed by atoms with Crippen LogP contribution in [-0.2, 0) is 4.79 Å². The normalized spacial score (nSPS) is 12.0. The number of aryl methyl sites for hydroxylation is 1. The largest absolute Gasteiger partial charge is 0.411 e. The molecule has 1 amide bonds. The maximum atomic E-state index is 13.0. The molecule has 3 aromatic rings. The van der Waals surface area contributed by atoms with Gasteiger partial charge in [0.15, 0.2) is 0 Å². The summed E-state index contributed by atoms with van der Waals surface area (Å²) in [4.78, 5) is 12.1. The molecule has 134 valence electrons. The zero-order valence-electron chi connectivity index (χ0n) is 14.4. The number of halogens is 1. The fraction of sp³-hybridized carbons (Fsp3) is 0.211. The molecule has 1 unspecified atom stereocenters. The van der Waals surface area contributed by atoms with Crippen LogP contribution in [0.4, 0.5) is 4.39 Å². The zero-order valence-corrected chi connectivity index (χ0v) is 15.2. The highest BCUT2D eigenvalue weighted by Gasteiger charge is 2.14. The number of nitrogens with zero attached hydrogens (tertiary/aromatic N) is 2. The van der Waals surface area contributed by atoms with E-state index in [1.807, 2.05) is 38.1 Å². The number of carbonyl (C=O) groups is 1. The molecule has 0 spiro atoms. The summed E-state index contributed by atoms with van der Waals surface area (Å²) >= 11 is 1.18. The first kappa shape index (κ1) is 18.1. The number of hydrogen-bond donors (Lipinski definition) is 1. The second-order valence-corrected chi connectivity index (χ2v) is 6.74. The van der Waals surface area contributed by atoms with E-state index in [0.717, 1.165) is 16.7 Å². The number of rotatable bonds is 6. The number of carbonyl (C=O) groups excluding carboxylic acids is 1. The average molecular weight is 371 g/mol. The minimum atomic E-state index is -0.302. The summed E-state index contributed by atoms with van der Waals surface area (Å²) in [6.07, 6.45) is 0. The standard InChI is InChI=1S/C19H18FN3O2S/c1-12-5-3-4-6-16(12)18-22-23-19(25-18)26-11-17(24)21-13(2)14-7-9-15(20)10-8-14/h3-10,13H,11H2,1-2H3,(H,21,24). The summed E-state index contributed by atoms with van der Waals surface area (Å²) in [6, 6.07) is 13.6. The Labute approximate surface area is 155 Å². The van der Waals surface area contributed by atoms with E-state index in [-0.39, 0.29) is 23.5 Å². The van der Waals surface area contributed by atoms with E-state index in [0.29, 0.717) is 11.1 Å². The van der Waals surface area contributed by atoms with E-state index in [9.17, 15) is 9.18 Å². The van der Waals surface area contributed by atoms with Gasteiger partial charge in [0, 0.05) is 5.56 Å². The minimum absolute atomic E-state index is 0.154. The van der Waals surface area contributed by atoms with Gasteiger partial charge in [0.05, 0.1) is 11.8 Å². The Morgan fingerprint density at radius 2 is 1.92 bits per heavy atom. The first-order valence-electron chi connectivity index (χ1n) is 8.10. The van der Waals surface area contributed by atoms with Crippen LogP contribution in [0, 0.1) is 12.7 Å². The van der Waals surface area contributed by atoms with Gasteiger partial charge in [0.25, 0.3) is 5.22 Å². The molecule has 1 N–H and O–H groups in total. The number of amides is 1. The third kappa shape index (κ3) is 4.49. The number of nitrogens with one attached hydrogen (secondary N) is 1. The molecule has 5 nitrogen and oxygen atoms in total. The van der Waals surface area contributed by atoms with Crippen molar-refractivity contribution in [2.24, 2.45) is 0 Å². The highest BCUT2D eigenvalue weighted by Crippen LogP contribution is 2.25. The van der Waals surface area contributed by atoms with Crippen molar-refractivity contribution < 1.29 is 13.6 Å². The fourth-order valence-corrected chi connectivity index (χ4v) is 3.01. The molecule has 0 aliphatic carbocycles. The lowest BCUT2D eigenvalue weighted by Crippen LogP contribution is -2.28. The molecule has 0 aliphatic rings. The van der Waals surface area contributed by atoms with Crippen LogP contribution >= 0.6 is 11.8 Å². The van der Waals surface area contributed by atoms with E-state index >= 15 is 0 Å². The van der Waals surface area contributed by atoms with Crippen LogP contribution in [-0.4, -0.2) is 21.9 Å². The smallest absolute Gasteiger partial charge is 0.277 e. The molecule has 26 heavy (non-hydrogen) atoms. The maximum Gasteiger partial charge on any atom is 0.277 e. The van der Waals surface area contributed by atoms with Gasteiger partial charge in [0.1, 0.15) is 5.82 Å². The average Bonchev–Trinajstić information content (AvgIpc) is 3.09. The van der Waals surface area contributed by atoms with Crippen LogP contribution < -0.4 is 5.32 Å². The number of hydrogen-bond acceptors (Lipinski definition) is 5. The quantitative estimate of drug-likeness (QED) is 0.659. The van der Waals surface area contributed by atoms with Gasteiger partial charge in [-0.2, -0.15) is 0 Å². The topological polar surface area (TPSA) is 68.0 Å². The highest BCUT2D eigenvalue weighted by molar-refractivity contribution is 7.99. The van der Waals surface area contributed by atoms with Crippen molar-refractivity contribution in [3.05, 3.63) is 65.5 Å². The summed E-state index contributed by atoms with van der Waals surface area (Å²) in [5.74, 6) is 0.123. The Balaban J connectivity index is 1.55. The Hall–Kier alpha value is -2.67. The second kappa shape index (κ2) is 8.14. The third-order valence-corrected chi connectivity index (χ3v) is 4.67. The molecular weight excluding hydrogens is 353 g/mol. The lowest BCUT2D eigenvalue weighted by molar-refractivity contribution is -0.119. The Bertz CT molecular complexity index is 896. The number of benzene rings is 2. The minimum Gasteiger partial charge on any atom is -0.411 e. The monoisotopic (exact) mass is 371 g/mol. The van der Waals surface area contributed by atoms with Crippen molar-refractivity contribution in [2.75, 3.05) is 5.75 Å². The molecule has 1 heterocycles. The van der Waals surface area contributed by atoms with Crippen molar-refractivity contribution in [1.29, 1.82) is 0 Å². The second-order valence-electron chi connectivity index (χ2n) is 5.82. The maximum absolute atomic E-state index is 13.0. The molecule has 0 saturated carbocycles. The summed E-state index contributed by atoms with van der Waals surface area (Å²) in [5.41, 5.74) is 2.75. The summed E-state index contributed by atoms with van der Waals surface area (Å²) in [6.45, 7) is 3.81. The van der Waals surface area contributed by atoms with Gasteiger partial charge in [-0.15, -0.1) is 10.2 Å². The van der Waals surface area contributed by atoms with Crippen LogP contribution in [0.5, 0.6) is 0 Å². The van der Waals surface area contributed by atoms with Gasteiger partial charge in [-0.1, -0.05) is 42.1 Å². The van der Waals surface area contributed by atoms with Gasteiger partial charge >= 0.3 is 0 Å². The molecule has 1 aromatic heterocycles. The van der Waals surface area contributed by atoms with E-state index in [1.165, 1.54) is 23.9 Å². The summed E-state index contributed by atoms with van der Waals surface area (Å²) < 4.78 is 18.6. The SMILES string of the molecule is Cc1ccccc1-c1nnc(SCC(=O)NC(C)c2ccc(F)cc2)o1. The van der Waals surface area contributed by atoms with E-state index in [1.54, 1.807) is 12.1 Å². The van der Waals surface area contributed by atoms with Crippen molar-refractivity contribution >= 4 is 17.7 Å².